The highest BCUT2D eigenvalue weighted by atomic mass is 35.5. The molecule has 4 heterocycles. The van der Waals surface area contributed by atoms with Crippen LogP contribution in [0.1, 0.15) is 44.3 Å². The minimum atomic E-state index is 0.434. The van der Waals surface area contributed by atoms with Gasteiger partial charge < -0.3 is 14.2 Å². The van der Waals surface area contributed by atoms with Crippen molar-refractivity contribution in [3.05, 3.63) is 46.1 Å². The Labute approximate surface area is 209 Å². The average molecular weight is 500 g/mol. The first kappa shape index (κ1) is 22.9. The molecular weight excluding hydrogens is 473 g/mol. The molecule has 0 radical (unpaired) electrons. The minimum Gasteiger partial charge on any atom is -0.455 e. The fraction of sp³-hybridized carbons (Fsp3) is 0.417. The number of rotatable bonds is 6. The number of furan rings is 1. The monoisotopic (exact) mass is 499 g/mol. The fourth-order valence-corrected chi connectivity index (χ4v) is 4.55. The largest absolute Gasteiger partial charge is 0.455 e. The maximum absolute atomic E-state index is 6.12. The normalized spacial score (nSPS) is 16.9. The van der Waals surface area contributed by atoms with Crippen LogP contribution < -0.4 is 15.2 Å². The van der Waals surface area contributed by atoms with Crippen LogP contribution in [0.15, 0.2) is 39.9 Å². The molecule has 0 spiro atoms. The molecule has 1 N–H and O–H groups in total. The summed E-state index contributed by atoms with van der Waals surface area (Å²) < 4.78 is 5.88. The third-order valence-electron chi connectivity index (χ3n) is 6.08. The molecule has 0 amide bonds. The third-order valence-corrected chi connectivity index (χ3v) is 6.82. The summed E-state index contributed by atoms with van der Waals surface area (Å²) in [6.45, 7) is 3.87. The predicted molar refractivity (Wildman–Crippen MR) is 137 cm³/mol. The molecule has 0 saturated carbocycles. The zero-order chi connectivity index (χ0) is 23.3. The van der Waals surface area contributed by atoms with E-state index in [1.807, 2.05) is 18.2 Å². The fourth-order valence-electron chi connectivity index (χ4n) is 4.25. The number of nitrogens with one attached hydrogen (secondary N) is 1. The zero-order valence-corrected chi connectivity index (χ0v) is 20.4. The summed E-state index contributed by atoms with van der Waals surface area (Å²) in [5.74, 6) is 3.14. The van der Waals surface area contributed by atoms with Crippen molar-refractivity contribution >= 4 is 47.3 Å². The second kappa shape index (κ2) is 10.6. The Morgan fingerprint density at radius 1 is 0.794 bits per heavy atom. The van der Waals surface area contributed by atoms with Crippen molar-refractivity contribution in [1.82, 2.24) is 15.0 Å². The number of hydrogen-bond acceptors (Lipinski definition) is 8. The summed E-state index contributed by atoms with van der Waals surface area (Å²) in [5.41, 5.74) is 3.82. The first-order chi connectivity index (χ1) is 16.7. The standard InChI is InChI=1S/C24H27Cl2N7O/c25-19-9-7-17(15-20(19)26)21-10-8-18(34-21)16-27-31-22-28-23(32-11-3-1-4-12-32)30-24(29-22)33-13-5-2-6-14-33/h7-10,15-16H,1-6,11-14H2,(H,28,29,30,31)/b27-16+. The summed E-state index contributed by atoms with van der Waals surface area (Å²) in [7, 11) is 0. The first-order valence-electron chi connectivity index (χ1n) is 11.8. The maximum Gasteiger partial charge on any atom is 0.250 e. The minimum absolute atomic E-state index is 0.434. The van der Waals surface area contributed by atoms with E-state index in [1.54, 1.807) is 18.3 Å². The van der Waals surface area contributed by atoms with E-state index >= 15 is 0 Å². The molecule has 2 fully saturated rings. The van der Waals surface area contributed by atoms with Crippen LogP contribution >= 0.6 is 23.2 Å². The number of benzene rings is 1. The van der Waals surface area contributed by atoms with Gasteiger partial charge in [-0.3, -0.25) is 0 Å². The summed E-state index contributed by atoms with van der Waals surface area (Å²) in [6, 6.07) is 9.09. The lowest BCUT2D eigenvalue weighted by Crippen LogP contribution is -2.34. The molecular formula is C24H27Cl2N7O. The van der Waals surface area contributed by atoms with Crippen molar-refractivity contribution in [2.45, 2.75) is 38.5 Å². The van der Waals surface area contributed by atoms with Gasteiger partial charge in [-0.2, -0.15) is 20.1 Å². The van der Waals surface area contributed by atoms with Crippen LogP contribution in [0.2, 0.25) is 10.0 Å². The lowest BCUT2D eigenvalue weighted by Gasteiger charge is -2.30. The van der Waals surface area contributed by atoms with Crippen LogP contribution in [0, 0.1) is 0 Å². The van der Waals surface area contributed by atoms with Crippen LogP contribution in [0.5, 0.6) is 0 Å². The van der Waals surface area contributed by atoms with E-state index in [9.17, 15) is 0 Å². The molecule has 2 aliphatic rings. The Hall–Kier alpha value is -2.84. The van der Waals surface area contributed by atoms with E-state index in [4.69, 9.17) is 32.6 Å². The van der Waals surface area contributed by atoms with Crippen LogP contribution in [-0.4, -0.2) is 47.3 Å². The van der Waals surface area contributed by atoms with Gasteiger partial charge in [0, 0.05) is 31.7 Å². The van der Waals surface area contributed by atoms with Gasteiger partial charge in [-0.15, -0.1) is 0 Å². The van der Waals surface area contributed by atoms with E-state index in [0.717, 1.165) is 57.4 Å². The number of anilines is 3. The highest BCUT2D eigenvalue weighted by Crippen LogP contribution is 2.29. The van der Waals surface area contributed by atoms with Crippen molar-refractivity contribution < 1.29 is 4.42 Å². The Balaban J connectivity index is 1.33. The predicted octanol–water partition coefficient (Wildman–Crippen LogP) is 5.87. The maximum atomic E-state index is 6.12. The second-order valence-corrected chi connectivity index (χ2v) is 9.37. The van der Waals surface area contributed by atoms with Gasteiger partial charge >= 0.3 is 0 Å². The van der Waals surface area contributed by atoms with Gasteiger partial charge in [0.15, 0.2) is 0 Å². The Bertz CT molecular complexity index is 1120. The molecule has 10 heteroatoms. The number of hydrogen-bond donors (Lipinski definition) is 1. The second-order valence-electron chi connectivity index (χ2n) is 8.56. The summed E-state index contributed by atoms with van der Waals surface area (Å²) >= 11 is 12.1. The molecule has 3 aromatic rings. The van der Waals surface area contributed by atoms with Gasteiger partial charge in [0.05, 0.1) is 16.3 Å². The van der Waals surface area contributed by atoms with Crippen LogP contribution in [0.4, 0.5) is 17.8 Å². The quantitative estimate of drug-likeness (QED) is 0.335. The Morgan fingerprint density at radius 2 is 1.44 bits per heavy atom. The van der Waals surface area contributed by atoms with Gasteiger partial charge in [-0.1, -0.05) is 23.2 Å². The molecule has 34 heavy (non-hydrogen) atoms. The van der Waals surface area contributed by atoms with Crippen molar-refractivity contribution in [3.8, 4) is 11.3 Å². The van der Waals surface area contributed by atoms with Gasteiger partial charge in [0.2, 0.25) is 17.8 Å². The summed E-state index contributed by atoms with van der Waals surface area (Å²) in [6.07, 6.45) is 8.74. The van der Waals surface area contributed by atoms with Crippen molar-refractivity contribution in [2.24, 2.45) is 5.10 Å². The van der Waals surface area contributed by atoms with Crippen LogP contribution in [-0.2, 0) is 0 Å². The average Bonchev–Trinajstić information content (AvgIpc) is 3.35. The number of hydrazone groups is 1. The molecule has 1 aromatic carbocycles. The van der Waals surface area contributed by atoms with E-state index in [1.165, 1.54) is 12.8 Å². The molecule has 178 valence electrons. The van der Waals surface area contributed by atoms with Crippen molar-refractivity contribution in [3.63, 3.8) is 0 Å². The Kier molecular flexibility index (Phi) is 7.16. The number of piperidine rings is 2. The molecule has 2 aliphatic heterocycles. The van der Waals surface area contributed by atoms with Gasteiger partial charge in [0.25, 0.3) is 0 Å². The van der Waals surface area contributed by atoms with Crippen molar-refractivity contribution in [2.75, 3.05) is 41.4 Å². The first-order valence-corrected chi connectivity index (χ1v) is 12.5. The Morgan fingerprint density at radius 3 is 2.06 bits per heavy atom. The molecule has 0 bridgehead atoms. The lowest BCUT2D eigenvalue weighted by atomic mass is 10.1. The van der Waals surface area contributed by atoms with E-state index in [0.29, 0.717) is 39.4 Å². The highest BCUT2D eigenvalue weighted by Gasteiger charge is 2.20. The van der Waals surface area contributed by atoms with Crippen molar-refractivity contribution in [1.29, 1.82) is 0 Å². The van der Waals surface area contributed by atoms with Gasteiger partial charge in [0.1, 0.15) is 11.5 Å². The smallest absolute Gasteiger partial charge is 0.250 e. The molecule has 2 aromatic heterocycles. The van der Waals surface area contributed by atoms with E-state index < -0.39 is 0 Å². The number of aromatic nitrogens is 3. The van der Waals surface area contributed by atoms with E-state index in [-0.39, 0.29) is 0 Å². The summed E-state index contributed by atoms with van der Waals surface area (Å²) in [5, 5.41) is 5.31. The van der Waals surface area contributed by atoms with Crippen LogP contribution in [0.25, 0.3) is 11.3 Å². The SMILES string of the molecule is Clc1ccc(-c2ccc(/C=N/Nc3nc(N4CCCCC4)nc(N4CCCCC4)n3)o2)cc1Cl. The molecule has 5 rings (SSSR count). The lowest BCUT2D eigenvalue weighted by molar-refractivity contribution is 0.556. The van der Waals surface area contributed by atoms with Gasteiger partial charge in [-0.05, 0) is 68.9 Å². The highest BCUT2D eigenvalue weighted by molar-refractivity contribution is 6.42. The summed E-state index contributed by atoms with van der Waals surface area (Å²) in [4.78, 5) is 18.6. The molecule has 0 unspecified atom stereocenters. The number of halogens is 2. The zero-order valence-electron chi connectivity index (χ0n) is 18.9. The molecule has 2 saturated heterocycles. The molecule has 0 aliphatic carbocycles. The molecule has 0 atom stereocenters. The molecule has 8 nitrogen and oxygen atoms in total. The van der Waals surface area contributed by atoms with Crippen LogP contribution in [0.3, 0.4) is 0 Å². The topological polar surface area (TPSA) is 82.7 Å². The van der Waals surface area contributed by atoms with E-state index in [2.05, 4.69) is 30.3 Å². The third kappa shape index (κ3) is 5.45. The number of nitrogens with zero attached hydrogens (tertiary/aromatic N) is 6. The van der Waals surface area contributed by atoms with Gasteiger partial charge in [-0.25, -0.2) is 5.43 Å².